The van der Waals surface area contributed by atoms with E-state index in [9.17, 15) is 9.59 Å². The number of benzene rings is 2. The number of nitrogens with one attached hydrogen (secondary N) is 2. The highest BCUT2D eigenvalue weighted by molar-refractivity contribution is 5.86. The molecule has 2 N–H and O–H groups in total. The van der Waals surface area contributed by atoms with Crippen molar-refractivity contribution in [3.63, 3.8) is 0 Å². The van der Waals surface area contributed by atoms with Crippen LogP contribution in [-0.2, 0) is 22.7 Å². The van der Waals surface area contributed by atoms with Crippen LogP contribution in [0, 0.1) is 0 Å². The summed E-state index contributed by atoms with van der Waals surface area (Å²) in [5, 5.41) is 5.76. The molecule has 5 nitrogen and oxygen atoms in total. The lowest BCUT2D eigenvalue weighted by molar-refractivity contribution is -0.136. The molecule has 0 aliphatic carbocycles. The van der Waals surface area contributed by atoms with Gasteiger partial charge in [0.1, 0.15) is 6.04 Å². The van der Waals surface area contributed by atoms with E-state index in [2.05, 4.69) is 10.6 Å². The molecule has 2 aromatic rings. The molecule has 0 saturated carbocycles. The Bertz CT molecular complexity index is 637. The van der Waals surface area contributed by atoms with E-state index in [0.29, 0.717) is 19.6 Å². The molecule has 0 aromatic heterocycles. The van der Waals surface area contributed by atoms with Gasteiger partial charge in [0.05, 0.1) is 6.54 Å². The van der Waals surface area contributed by atoms with Crippen LogP contribution in [0.4, 0.5) is 0 Å². The fourth-order valence-corrected chi connectivity index (χ4v) is 2.78. The van der Waals surface area contributed by atoms with Crippen molar-refractivity contribution in [2.45, 2.75) is 19.1 Å². The monoisotopic (exact) mass is 323 g/mol. The lowest BCUT2D eigenvalue weighted by Gasteiger charge is -2.30. The van der Waals surface area contributed by atoms with Crippen LogP contribution >= 0.6 is 0 Å². The molecule has 0 radical (unpaired) electrons. The summed E-state index contributed by atoms with van der Waals surface area (Å²) in [6, 6.07) is 19.5. The van der Waals surface area contributed by atoms with E-state index in [4.69, 9.17) is 0 Å². The minimum atomic E-state index is -0.380. The van der Waals surface area contributed by atoms with Gasteiger partial charge in [0.15, 0.2) is 0 Å². The molecule has 1 saturated heterocycles. The zero-order valence-electron chi connectivity index (χ0n) is 13.4. The Morgan fingerprint density at radius 1 is 0.958 bits per heavy atom. The second-order valence-corrected chi connectivity index (χ2v) is 5.90. The van der Waals surface area contributed by atoms with Crippen molar-refractivity contribution in [2.24, 2.45) is 0 Å². The van der Waals surface area contributed by atoms with E-state index in [1.807, 2.05) is 65.6 Å². The normalized spacial score (nSPS) is 17.2. The Hall–Kier alpha value is -2.66. The fraction of sp³-hybridized carbons (Fsp3) is 0.263. The van der Waals surface area contributed by atoms with Crippen LogP contribution in [0.15, 0.2) is 60.7 Å². The average Bonchev–Trinajstić information content (AvgIpc) is 2.63. The second-order valence-electron chi connectivity index (χ2n) is 5.90. The quantitative estimate of drug-likeness (QED) is 0.872. The predicted octanol–water partition coefficient (Wildman–Crippen LogP) is 1.30. The molecule has 1 heterocycles. The van der Waals surface area contributed by atoms with Gasteiger partial charge in [-0.2, -0.15) is 0 Å². The van der Waals surface area contributed by atoms with Gasteiger partial charge in [-0.15, -0.1) is 0 Å². The number of carbonyl (C=O) groups is 2. The van der Waals surface area contributed by atoms with Crippen LogP contribution in [0.2, 0.25) is 0 Å². The summed E-state index contributed by atoms with van der Waals surface area (Å²) in [4.78, 5) is 26.0. The van der Waals surface area contributed by atoms with Gasteiger partial charge in [-0.25, -0.2) is 0 Å². The number of piperazine rings is 1. The highest BCUT2D eigenvalue weighted by atomic mass is 16.2. The molecule has 0 spiro atoms. The molecular weight excluding hydrogens is 302 g/mol. The molecule has 1 unspecified atom stereocenters. The first-order chi connectivity index (χ1) is 11.7. The molecule has 1 fully saturated rings. The number of carbonyl (C=O) groups excluding carboxylic acids is 2. The van der Waals surface area contributed by atoms with Gasteiger partial charge >= 0.3 is 0 Å². The number of rotatable bonds is 5. The molecule has 5 heteroatoms. The Kier molecular flexibility index (Phi) is 5.23. The van der Waals surface area contributed by atoms with E-state index in [0.717, 1.165) is 11.1 Å². The van der Waals surface area contributed by atoms with E-state index in [-0.39, 0.29) is 24.4 Å². The Morgan fingerprint density at radius 3 is 1.96 bits per heavy atom. The molecular formula is C19H21N3O2. The van der Waals surface area contributed by atoms with Gasteiger partial charge in [-0.3, -0.25) is 14.9 Å². The van der Waals surface area contributed by atoms with E-state index in [1.54, 1.807) is 0 Å². The molecule has 24 heavy (non-hydrogen) atoms. The van der Waals surface area contributed by atoms with Crippen LogP contribution in [-0.4, -0.2) is 35.8 Å². The van der Waals surface area contributed by atoms with Crippen LogP contribution in [0.3, 0.4) is 0 Å². The summed E-state index contributed by atoms with van der Waals surface area (Å²) >= 11 is 0. The summed E-state index contributed by atoms with van der Waals surface area (Å²) in [6.07, 6.45) is 0. The van der Waals surface area contributed by atoms with Crippen LogP contribution < -0.4 is 10.6 Å². The first-order valence-corrected chi connectivity index (χ1v) is 8.09. The molecule has 124 valence electrons. The fourth-order valence-electron chi connectivity index (χ4n) is 2.78. The molecule has 2 amide bonds. The first kappa shape index (κ1) is 16.2. The maximum absolute atomic E-state index is 12.9. The number of hydrogen-bond donors (Lipinski definition) is 2. The smallest absolute Gasteiger partial charge is 0.242 e. The number of amides is 2. The molecule has 1 aliphatic heterocycles. The molecule has 1 atom stereocenters. The Labute approximate surface area is 141 Å². The highest BCUT2D eigenvalue weighted by Crippen LogP contribution is 2.12. The molecule has 3 rings (SSSR count). The summed E-state index contributed by atoms with van der Waals surface area (Å²) in [5.41, 5.74) is 2.17. The zero-order chi connectivity index (χ0) is 16.8. The number of nitrogens with zero attached hydrogens (tertiary/aromatic N) is 1. The van der Waals surface area contributed by atoms with Crippen molar-refractivity contribution in [1.82, 2.24) is 15.5 Å². The SMILES string of the molecule is O=C1CNC(C(=O)N(Cc2ccccc2)Cc2ccccc2)CN1. The minimum absolute atomic E-state index is 0.00251. The second kappa shape index (κ2) is 7.75. The third kappa shape index (κ3) is 4.20. The summed E-state index contributed by atoms with van der Waals surface area (Å²) < 4.78 is 0. The van der Waals surface area contributed by atoms with Crippen molar-refractivity contribution in [1.29, 1.82) is 0 Å². The van der Waals surface area contributed by atoms with Crippen molar-refractivity contribution in [3.8, 4) is 0 Å². The van der Waals surface area contributed by atoms with Gasteiger partial charge in [-0.1, -0.05) is 60.7 Å². The van der Waals surface area contributed by atoms with Crippen molar-refractivity contribution in [3.05, 3.63) is 71.8 Å². The van der Waals surface area contributed by atoms with Crippen molar-refractivity contribution < 1.29 is 9.59 Å². The summed E-state index contributed by atoms with van der Waals surface area (Å²) in [7, 11) is 0. The van der Waals surface area contributed by atoms with E-state index >= 15 is 0 Å². The summed E-state index contributed by atoms with van der Waals surface area (Å²) in [5.74, 6) is -0.0700. The molecule has 0 bridgehead atoms. The standard InChI is InChI=1S/C19H21N3O2/c23-18-12-20-17(11-21-18)19(24)22(13-15-7-3-1-4-8-15)14-16-9-5-2-6-10-16/h1-10,17,20H,11-14H2,(H,21,23). The van der Waals surface area contributed by atoms with E-state index in [1.165, 1.54) is 0 Å². The highest BCUT2D eigenvalue weighted by Gasteiger charge is 2.28. The average molecular weight is 323 g/mol. The third-order valence-corrected chi connectivity index (χ3v) is 4.05. The first-order valence-electron chi connectivity index (χ1n) is 8.09. The van der Waals surface area contributed by atoms with Gasteiger partial charge in [-0.05, 0) is 11.1 Å². The van der Waals surface area contributed by atoms with Crippen molar-refractivity contribution >= 4 is 11.8 Å². The maximum atomic E-state index is 12.9. The Balaban J connectivity index is 1.75. The maximum Gasteiger partial charge on any atom is 0.242 e. The zero-order valence-corrected chi connectivity index (χ0v) is 13.4. The van der Waals surface area contributed by atoms with Gasteiger partial charge in [0.2, 0.25) is 11.8 Å². The number of hydrogen-bond acceptors (Lipinski definition) is 3. The minimum Gasteiger partial charge on any atom is -0.353 e. The van der Waals surface area contributed by atoms with Gasteiger partial charge in [0.25, 0.3) is 0 Å². The topological polar surface area (TPSA) is 61.4 Å². The third-order valence-electron chi connectivity index (χ3n) is 4.05. The van der Waals surface area contributed by atoms with Crippen LogP contribution in [0.5, 0.6) is 0 Å². The van der Waals surface area contributed by atoms with E-state index < -0.39 is 0 Å². The van der Waals surface area contributed by atoms with Gasteiger partial charge < -0.3 is 10.2 Å². The van der Waals surface area contributed by atoms with Crippen LogP contribution in [0.1, 0.15) is 11.1 Å². The predicted molar refractivity (Wildman–Crippen MR) is 91.9 cm³/mol. The largest absolute Gasteiger partial charge is 0.353 e. The summed E-state index contributed by atoms with van der Waals surface area (Å²) in [6.45, 7) is 1.60. The van der Waals surface area contributed by atoms with Gasteiger partial charge in [0, 0.05) is 19.6 Å². The van der Waals surface area contributed by atoms with Crippen LogP contribution in [0.25, 0.3) is 0 Å². The lowest BCUT2D eigenvalue weighted by Crippen LogP contribution is -2.58. The Morgan fingerprint density at radius 2 is 1.50 bits per heavy atom. The lowest BCUT2D eigenvalue weighted by atomic mass is 10.1. The molecule has 1 aliphatic rings. The molecule has 2 aromatic carbocycles. The van der Waals surface area contributed by atoms with Crippen molar-refractivity contribution in [2.75, 3.05) is 13.1 Å².